The maximum Gasteiger partial charge on any atom is 0.128 e. The van der Waals surface area contributed by atoms with Crippen molar-refractivity contribution in [1.82, 2.24) is 5.32 Å². The van der Waals surface area contributed by atoms with E-state index in [0.717, 1.165) is 47.8 Å². The third-order valence-electron chi connectivity index (χ3n) is 3.62. The SMILES string of the molecule is CCCNC(c1c(C)cc(C)cc1F)C1CSCCO1. The molecule has 2 nitrogen and oxygen atoms in total. The van der Waals surface area contributed by atoms with Crippen molar-refractivity contribution in [3.8, 4) is 0 Å². The van der Waals surface area contributed by atoms with Gasteiger partial charge >= 0.3 is 0 Å². The van der Waals surface area contributed by atoms with Crippen LogP contribution in [0.2, 0.25) is 0 Å². The van der Waals surface area contributed by atoms with Crippen molar-refractivity contribution in [1.29, 1.82) is 0 Å². The molecule has 0 aromatic heterocycles. The molecule has 2 atom stereocenters. The molecule has 0 amide bonds. The van der Waals surface area contributed by atoms with Crippen LogP contribution in [-0.2, 0) is 4.74 Å². The summed E-state index contributed by atoms with van der Waals surface area (Å²) in [5, 5.41) is 3.48. The van der Waals surface area contributed by atoms with E-state index in [1.807, 2.05) is 25.6 Å². The Labute approximate surface area is 125 Å². The molecule has 1 saturated heterocycles. The van der Waals surface area contributed by atoms with Crippen LogP contribution in [0.1, 0.15) is 36.1 Å². The Morgan fingerprint density at radius 1 is 1.45 bits per heavy atom. The van der Waals surface area contributed by atoms with Crippen molar-refractivity contribution in [3.05, 3.63) is 34.6 Å². The zero-order valence-corrected chi connectivity index (χ0v) is 13.4. The van der Waals surface area contributed by atoms with Crippen molar-refractivity contribution in [3.63, 3.8) is 0 Å². The first-order chi connectivity index (χ1) is 9.63. The van der Waals surface area contributed by atoms with Gasteiger partial charge in [-0.2, -0.15) is 11.8 Å². The van der Waals surface area contributed by atoms with Crippen LogP contribution in [0, 0.1) is 19.7 Å². The van der Waals surface area contributed by atoms with E-state index in [9.17, 15) is 4.39 Å². The molecule has 0 spiro atoms. The van der Waals surface area contributed by atoms with Crippen LogP contribution in [0.4, 0.5) is 4.39 Å². The second-order valence-electron chi connectivity index (χ2n) is 5.39. The van der Waals surface area contributed by atoms with Gasteiger partial charge in [0.2, 0.25) is 0 Å². The van der Waals surface area contributed by atoms with Crippen LogP contribution in [0.5, 0.6) is 0 Å². The highest BCUT2D eigenvalue weighted by atomic mass is 32.2. The van der Waals surface area contributed by atoms with Gasteiger partial charge < -0.3 is 10.1 Å². The van der Waals surface area contributed by atoms with Gasteiger partial charge in [-0.15, -0.1) is 0 Å². The molecular weight excluding hydrogens is 273 g/mol. The van der Waals surface area contributed by atoms with Crippen LogP contribution < -0.4 is 5.32 Å². The van der Waals surface area contributed by atoms with Crippen molar-refractivity contribution in [2.45, 2.75) is 39.3 Å². The summed E-state index contributed by atoms with van der Waals surface area (Å²) in [5.41, 5.74) is 2.75. The molecule has 2 unspecified atom stereocenters. The Morgan fingerprint density at radius 3 is 2.85 bits per heavy atom. The van der Waals surface area contributed by atoms with Crippen LogP contribution in [0.25, 0.3) is 0 Å². The highest BCUT2D eigenvalue weighted by Gasteiger charge is 2.29. The molecule has 1 N–H and O–H groups in total. The van der Waals surface area contributed by atoms with Crippen molar-refractivity contribution < 1.29 is 9.13 Å². The first-order valence-corrected chi connectivity index (χ1v) is 8.48. The minimum Gasteiger partial charge on any atom is -0.375 e. The molecular formula is C16H24FNOS. The molecule has 1 heterocycles. The first-order valence-electron chi connectivity index (χ1n) is 7.33. The fourth-order valence-corrected chi connectivity index (χ4v) is 3.64. The lowest BCUT2D eigenvalue weighted by molar-refractivity contribution is 0.0457. The molecule has 1 aromatic carbocycles. The number of nitrogens with one attached hydrogen (secondary N) is 1. The summed E-state index contributed by atoms with van der Waals surface area (Å²) in [5.74, 6) is 1.84. The average Bonchev–Trinajstić information content (AvgIpc) is 2.42. The molecule has 0 radical (unpaired) electrons. The number of aryl methyl sites for hydroxylation is 2. The molecule has 1 aliphatic rings. The minimum atomic E-state index is -0.115. The van der Waals surface area contributed by atoms with Crippen molar-refractivity contribution in [2.24, 2.45) is 0 Å². The molecule has 1 aromatic rings. The zero-order chi connectivity index (χ0) is 14.5. The maximum absolute atomic E-state index is 14.4. The highest BCUT2D eigenvalue weighted by molar-refractivity contribution is 7.99. The second kappa shape index (κ2) is 7.43. The highest BCUT2D eigenvalue weighted by Crippen LogP contribution is 2.30. The van der Waals surface area contributed by atoms with Crippen LogP contribution in [0.15, 0.2) is 12.1 Å². The fraction of sp³-hybridized carbons (Fsp3) is 0.625. The van der Waals surface area contributed by atoms with E-state index in [4.69, 9.17) is 4.74 Å². The van der Waals surface area contributed by atoms with Crippen LogP contribution >= 0.6 is 11.8 Å². The van der Waals surface area contributed by atoms with E-state index in [1.54, 1.807) is 6.07 Å². The Bertz CT molecular complexity index is 423. The smallest absolute Gasteiger partial charge is 0.128 e. The maximum atomic E-state index is 14.4. The van der Waals surface area contributed by atoms with E-state index < -0.39 is 0 Å². The predicted octanol–water partition coefficient (Wildman–Crippen LogP) is 3.62. The van der Waals surface area contributed by atoms with E-state index in [2.05, 4.69) is 18.3 Å². The largest absolute Gasteiger partial charge is 0.375 e. The fourth-order valence-electron chi connectivity index (χ4n) is 2.74. The summed E-state index contributed by atoms with van der Waals surface area (Å²) in [4.78, 5) is 0. The van der Waals surface area contributed by atoms with Gasteiger partial charge in [0, 0.05) is 17.1 Å². The predicted molar refractivity (Wildman–Crippen MR) is 84.0 cm³/mol. The molecule has 0 bridgehead atoms. The molecule has 112 valence electrons. The van der Waals surface area contributed by atoms with Gasteiger partial charge in [-0.25, -0.2) is 4.39 Å². The number of benzene rings is 1. The van der Waals surface area contributed by atoms with Crippen molar-refractivity contribution >= 4 is 11.8 Å². The van der Waals surface area contributed by atoms with Crippen LogP contribution in [-0.4, -0.2) is 30.8 Å². The molecule has 20 heavy (non-hydrogen) atoms. The number of rotatable bonds is 5. The summed E-state index contributed by atoms with van der Waals surface area (Å²) in [6.45, 7) is 7.68. The van der Waals surface area contributed by atoms with Gasteiger partial charge in [0.25, 0.3) is 0 Å². The van der Waals surface area contributed by atoms with E-state index in [1.165, 1.54) is 0 Å². The molecule has 1 fully saturated rings. The van der Waals surface area contributed by atoms with E-state index in [-0.39, 0.29) is 18.0 Å². The normalized spacial score (nSPS) is 20.9. The molecule has 0 aliphatic carbocycles. The topological polar surface area (TPSA) is 21.3 Å². The van der Waals surface area contributed by atoms with E-state index >= 15 is 0 Å². The molecule has 0 saturated carbocycles. The molecule has 2 rings (SSSR count). The van der Waals surface area contributed by atoms with Gasteiger partial charge in [-0.1, -0.05) is 13.0 Å². The van der Waals surface area contributed by atoms with Gasteiger partial charge in [0.1, 0.15) is 5.82 Å². The number of hydrogen-bond donors (Lipinski definition) is 1. The molecule has 4 heteroatoms. The number of ether oxygens (including phenoxy) is 1. The van der Waals surface area contributed by atoms with Gasteiger partial charge in [0.05, 0.1) is 18.8 Å². The number of thioether (sulfide) groups is 1. The first kappa shape index (κ1) is 15.8. The lowest BCUT2D eigenvalue weighted by atomic mass is 9.95. The summed E-state index contributed by atoms with van der Waals surface area (Å²) in [6.07, 6.45) is 1.08. The van der Waals surface area contributed by atoms with E-state index in [0.29, 0.717) is 0 Å². The standard InChI is InChI=1S/C16H24FNOS/c1-4-5-18-16(14-10-20-7-6-19-14)15-12(3)8-11(2)9-13(15)17/h8-9,14,16,18H,4-7,10H2,1-3H3. The summed E-state index contributed by atoms with van der Waals surface area (Å²) in [6, 6.07) is 3.62. The quantitative estimate of drug-likeness (QED) is 0.897. The van der Waals surface area contributed by atoms with Gasteiger partial charge in [-0.05, 0) is 44.0 Å². The third-order valence-corrected chi connectivity index (χ3v) is 4.64. The third kappa shape index (κ3) is 3.74. The number of halogens is 1. The van der Waals surface area contributed by atoms with Gasteiger partial charge in [0.15, 0.2) is 0 Å². The zero-order valence-electron chi connectivity index (χ0n) is 12.5. The van der Waals surface area contributed by atoms with Crippen molar-refractivity contribution in [2.75, 3.05) is 24.7 Å². The lowest BCUT2D eigenvalue weighted by Crippen LogP contribution is -2.39. The Hall–Kier alpha value is -0.580. The number of hydrogen-bond acceptors (Lipinski definition) is 3. The Balaban J connectivity index is 2.29. The Kier molecular flexibility index (Phi) is 5.87. The summed E-state index contributed by atoms with van der Waals surface area (Å²) < 4.78 is 20.3. The monoisotopic (exact) mass is 297 g/mol. The summed E-state index contributed by atoms with van der Waals surface area (Å²) >= 11 is 1.89. The molecule has 1 aliphatic heterocycles. The second-order valence-corrected chi connectivity index (χ2v) is 6.54. The summed E-state index contributed by atoms with van der Waals surface area (Å²) in [7, 11) is 0. The van der Waals surface area contributed by atoms with Gasteiger partial charge in [-0.3, -0.25) is 0 Å². The van der Waals surface area contributed by atoms with Crippen LogP contribution in [0.3, 0.4) is 0 Å². The average molecular weight is 297 g/mol. The Morgan fingerprint density at radius 2 is 2.25 bits per heavy atom. The lowest BCUT2D eigenvalue weighted by Gasteiger charge is -2.32. The minimum absolute atomic E-state index is 0.0520.